The SMILES string of the molecule is Cc1ccc(N2C(=O)[C@@H]3C4c5ccccc5C(Cl)(c5ccccc54)[C@@H]3C2=O)c(C)c1. The molecule has 1 heterocycles. The van der Waals surface area contributed by atoms with Gasteiger partial charge in [-0.25, -0.2) is 4.90 Å². The van der Waals surface area contributed by atoms with Crippen molar-refractivity contribution < 1.29 is 9.59 Å². The van der Waals surface area contributed by atoms with Crippen LogP contribution in [0.4, 0.5) is 5.69 Å². The second-order valence-corrected chi connectivity index (χ2v) is 9.27. The molecule has 1 fully saturated rings. The maximum Gasteiger partial charge on any atom is 0.240 e. The van der Waals surface area contributed by atoms with Gasteiger partial charge in [0.15, 0.2) is 0 Å². The average molecular weight is 414 g/mol. The normalized spacial score (nSPS) is 28.4. The Morgan fingerprint density at radius 1 is 0.833 bits per heavy atom. The fourth-order valence-corrected chi connectivity index (χ4v) is 6.55. The van der Waals surface area contributed by atoms with Crippen molar-refractivity contribution in [3.63, 3.8) is 0 Å². The molecule has 2 bridgehead atoms. The second kappa shape index (κ2) is 5.83. The van der Waals surface area contributed by atoms with Crippen LogP contribution >= 0.6 is 11.6 Å². The Labute approximate surface area is 180 Å². The van der Waals surface area contributed by atoms with Gasteiger partial charge in [0, 0.05) is 5.92 Å². The van der Waals surface area contributed by atoms with E-state index in [0.717, 1.165) is 33.4 Å². The molecule has 0 aromatic heterocycles. The van der Waals surface area contributed by atoms with Crippen molar-refractivity contribution >= 4 is 29.1 Å². The summed E-state index contributed by atoms with van der Waals surface area (Å²) in [6.45, 7) is 3.95. The van der Waals surface area contributed by atoms with Crippen LogP contribution in [0.15, 0.2) is 66.7 Å². The van der Waals surface area contributed by atoms with E-state index in [4.69, 9.17) is 11.6 Å². The van der Waals surface area contributed by atoms with E-state index in [0.29, 0.717) is 5.69 Å². The fourth-order valence-electron chi connectivity index (χ4n) is 5.97. The number of carbonyl (C=O) groups is 2. The number of halogens is 1. The number of hydrogen-bond donors (Lipinski definition) is 0. The summed E-state index contributed by atoms with van der Waals surface area (Å²) >= 11 is 7.44. The molecule has 148 valence electrons. The molecule has 0 saturated carbocycles. The molecule has 7 rings (SSSR count). The van der Waals surface area contributed by atoms with E-state index in [1.807, 2.05) is 68.4 Å². The van der Waals surface area contributed by atoms with Crippen LogP contribution in [-0.2, 0) is 14.5 Å². The largest absolute Gasteiger partial charge is 0.274 e. The summed E-state index contributed by atoms with van der Waals surface area (Å²) in [5.74, 6) is -1.59. The van der Waals surface area contributed by atoms with Crippen molar-refractivity contribution in [1.29, 1.82) is 0 Å². The zero-order valence-corrected chi connectivity index (χ0v) is 17.5. The molecule has 3 aromatic rings. The lowest BCUT2D eigenvalue weighted by Gasteiger charge is -2.50. The Morgan fingerprint density at radius 2 is 1.43 bits per heavy atom. The van der Waals surface area contributed by atoms with E-state index in [1.54, 1.807) is 0 Å². The Hall–Kier alpha value is -2.91. The maximum atomic E-state index is 13.8. The number of benzene rings is 3. The van der Waals surface area contributed by atoms with Gasteiger partial charge < -0.3 is 0 Å². The molecule has 1 saturated heterocycles. The quantitative estimate of drug-likeness (QED) is 0.413. The third-order valence-corrected chi connectivity index (χ3v) is 7.75. The third kappa shape index (κ3) is 1.96. The number of imide groups is 1. The van der Waals surface area contributed by atoms with Crippen molar-refractivity contribution in [3.8, 4) is 0 Å². The van der Waals surface area contributed by atoms with Gasteiger partial charge in [0.05, 0.1) is 17.5 Å². The van der Waals surface area contributed by atoms with Crippen molar-refractivity contribution in [1.82, 2.24) is 0 Å². The predicted molar refractivity (Wildman–Crippen MR) is 117 cm³/mol. The highest BCUT2D eigenvalue weighted by molar-refractivity contribution is 6.33. The van der Waals surface area contributed by atoms with Gasteiger partial charge in [0.2, 0.25) is 11.8 Å². The van der Waals surface area contributed by atoms with E-state index in [2.05, 4.69) is 12.1 Å². The topological polar surface area (TPSA) is 37.4 Å². The van der Waals surface area contributed by atoms with Gasteiger partial charge in [-0.1, -0.05) is 66.2 Å². The Balaban J connectivity index is 1.62. The minimum absolute atomic E-state index is 0.143. The van der Waals surface area contributed by atoms with Gasteiger partial charge in [-0.15, -0.1) is 11.6 Å². The number of carbonyl (C=O) groups excluding carboxylic acids is 2. The number of alkyl halides is 1. The fraction of sp³-hybridized carbons (Fsp3) is 0.231. The molecular formula is C26H20ClNO2. The molecule has 1 aliphatic heterocycles. The van der Waals surface area contributed by atoms with Crippen LogP contribution in [0.3, 0.4) is 0 Å². The van der Waals surface area contributed by atoms with Crippen molar-refractivity contribution in [2.75, 3.05) is 4.90 Å². The molecule has 30 heavy (non-hydrogen) atoms. The van der Waals surface area contributed by atoms with Crippen LogP contribution in [0.5, 0.6) is 0 Å². The first kappa shape index (κ1) is 17.9. The Kier molecular flexibility index (Phi) is 3.48. The third-order valence-electron chi connectivity index (χ3n) is 7.11. The average Bonchev–Trinajstić information content (AvgIpc) is 3.01. The summed E-state index contributed by atoms with van der Waals surface area (Å²) in [5.41, 5.74) is 6.73. The van der Waals surface area contributed by atoms with E-state index in [1.165, 1.54) is 4.90 Å². The Bertz CT molecular complexity index is 1220. The standard InChI is InChI=1S/C26H20ClNO2/c1-14-11-12-20(15(2)13-14)28-24(29)22-21-16-7-3-5-9-18(16)26(27,23(22)25(28)30)19-10-6-4-8-17(19)21/h3-13,21-23H,1-2H3/t21?,22-,23+,26?/m1/s1. The number of amides is 2. The molecule has 0 N–H and O–H groups in total. The number of hydrogen-bond acceptors (Lipinski definition) is 2. The van der Waals surface area contributed by atoms with Crippen LogP contribution in [-0.4, -0.2) is 11.8 Å². The zero-order chi connectivity index (χ0) is 20.8. The lowest BCUT2D eigenvalue weighted by molar-refractivity contribution is -0.122. The Morgan fingerprint density at radius 3 is 2.03 bits per heavy atom. The van der Waals surface area contributed by atoms with E-state index in [9.17, 15) is 9.59 Å². The summed E-state index contributed by atoms with van der Waals surface area (Å²) < 4.78 is 0. The van der Waals surface area contributed by atoms with Crippen molar-refractivity contribution in [2.24, 2.45) is 11.8 Å². The van der Waals surface area contributed by atoms with Gasteiger partial charge >= 0.3 is 0 Å². The first-order valence-corrected chi connectivity index (χ1v) is 10.6. The molecule has 0 radical (unpaired) electrons. The second-order valence-electron chi connectivity index (χ2n) is 8.67. The number of aryl methyl sites for hydroxylation is 2. The van der Waals surface area contributed by atoms with Crippen LogP contribution in [0.1, 0.15) is 39.3 Å². The summed E-state index contributed by atoms with van der Waals surface area (Å²) in [4.78, 5) is 28.0. The minimum Gasteiger partial charge on any atom is -0.274 e. The number of rotatable bonds is 1. The monoisotopic (exact) mass is 413 g/mol. The van der Waals surface area contributed by atoms with Crippen LogP contribution in [0, 0.1) is 25.7 Å². The van der Waals surface area contributed by atoms with Crippen LogP contribution in [0.25, 0.3) is 0 Å². The van der Waals surface area contributed by atoms with Crippen molar-refractivity contribution in [2.45, 2.75) is 24.6 Å². The smallest absolute Gasteiger partial charge is 0.240 e. The van der Waals surface area contributed by atoms with Gasteiger partial charge in [0.1, 0.15) is 4.87 Å². The number of nitrogens with zero attached hydrogens (tertiary/aromatic N) is 1. The molecule has 3 aliphatic carbocycles. The molecule has 0 unspecified atom stereocenters. The molecule has 2 amide bonds. The van der Waals surface area contributed by atoms with Crippen molar-refractivity contribution in [3.05, 3.63) is 100 Å². The maximum absolute atomic E-state index is 13.8. The lowest BCUT2D eigenvalue weighted by Crippen LogP contribution is -2.50. The molecule has 3 aromatic carbocycles. The van der Waals surface area contributed by atoms with Gasteiger partial charge in [0.25, 0.3) is 0 Å². The van der Waals surface area contributed by atoms with Crippen LogP contribution in [0.2, 0.25) is 0 Å². The summed E-state index contributed by atoms with van der Waals surface area (Å²) in [6.07, 6.45) is 0. The first-order chi connectivity index (χ1) is 14.4. The van der Waals surface area contributed by atoms with Gasteiger partial charge in [-0.05, 0) is 47.7 Å². The molecule has 3 nitrogen and oxygen atoms in total. The summed E-state index contributed by atoms with van der Waals surface area (Å²) in [6, 6.07) is 21.9. The summed E-state index contributed by atoms with van der Waals surface area (Å²) in [5, 5.41) is 0. The molecule has 4 heteroatoms. The molecule has 4 aliphatic rings. The molecular weight excluding hydrogens is 394 g/mol. The predicted octanol–water partition coefficient (Wildman–Crippen LogP) is 5.05. The van der Waals surface area contributed by atoms with E-state index in [-0.39, 0.29) is 17.7 Å². The van der Waals surface area contributed by atoms with Gasteiger partial charge in [-0.2, -0.15) is 0 Å². The highest BCUT2D eigenvalue weighted by Gasteiger charge is 2.68. The van der Waals surface area contributed by atoms with Crippen LogP contribution < -0.4 is 4.90 Å². The lowest BCUT2D eigenvalue weighted by atomic mass is 9.54. The highest BCUT2D eigenvalue weighted by Crippen LogP contribution is 2.65. The molecule has 2 atom stereocenters. The summed E-state index contributed by atoms with van der Waals surface area (Å²) in [7, 11) is 0. The molecule has 0 spiro atoms. The first-order valence-electron chi connectivity index (χ1n) is 10.3. The van der Waals surface area contributed by atoms with Gasteiger partial charge in [-0.3, -0.25) is 9.59 Å². The zero-order valence-electron chi connectivity index (χ0n) is 16.7. The highest BCUT2D eigenvalue weighted by atomic mass is 35.5. The van der Waals surface area contributed by atoms with E-state index >= 15 is 0 Å². The number of anilines is 1. The van der Waals surface area contributed by atoms with E-state index < -0.39 is 16.7 Å². The minimum atomic E-state index is -1.04.